The molecule has 2 aromatic carbocycles. The highest BCUT2D eigenvalue weighted by Gasteiger charge is 2.21. The molecular weight excluding hydrogens is 300 g/mol. The second kappa shape index (κ2) is 6.54. The van der Waals surface area contributed by atoms with Crippen molar-refractivity contribution in [2.75, 3.05) is 17.7 Å². The lowest BCUT2D eigenvalue weighted by molar-refractivity contribution is 0.442. The van der Waals surface area contributed by atoms with Gasteiger partial charge in [0.15, 0.2) is 5.75 Å². The van der Waals surface area contributed by atoms with E-state index in [9.17, 15) is 0 Å². The lowest BCUT2D eigenvalue weighted by Crippen LogP contribution is -2.13. The van der Waals surface area contributed by atoms with E-state index in [0.29, 0.717) is 17.2 Å². The molecular formula is C20H20N2O2. The van der Waals surface area contributed by atoms with Gasteiger partial charge >= 0.3 is 0 Å². The highest BCUT2D eigenvalue weighted by Crippen LogP contribution is 2.37. The van der Waals surface area contributed by atoms with Crippen LogP contribution in [-0.2, 0) is 0 Å². The summed E-state index contributed by atoms with van der Waals surface area (Å²) in [4.78, 5) is 2.01. The van der Waals surface area contributed by atoms with E-state index in [1.54, 1.807) is 6.07 Å². The van der Waals surface area contributed by atoms with E-state index in [0.717, 1.165) is 22.9 Å². The van der Waals surface area contributed by atoms with Crippen LogP contribution in [0.3, 0.4) is 0 Å². The number of hydrogen-bond donors (Lipinski definition) is 1. The second-order valence-corrected chi connectivity index (χ2v) is 5.61. The number of para-hydroxylation sites is 4. The third-order valence-electron chi connectivity index (χ3n) is 3.67. The van der Waals surface area contributed by atoms with E-state index in [2.05, 4.69) is 6.58 Å². The van der Waals surface area contributed by atoms with Crippen molar-refractivity contribution < 1.29 is 9.47 Å². The molecule has 1 heterocycles. The summed E-state index contributed by atoms with van der Waals surface area (Å²) in [5.74, 6) is 2.73. The SMILES string of the molecule is C=C(/C=C(C)/C=C1\Oc2ccccc2N1C)Oc1ccccc1N. The van der Waals surface area contributed by atoms with Gasteiger partial charge in [-0.05, 0) is 42.8 Å². The molecule has 122 valence electrons. The maximum Gasteiger partial charge on any atom is 0.200 e. The zero-order valence-corrected chi connectivity index (χ0v) is 13.8. The minimum Gasteiger partial charge on any atom is -0.456 e. The number of fused-ring (bicyclic) bond motifs is 1. The Morgan fingerprint density at radius 2 is 1.88 bits per heavy atom. The van der Waals surface area contributed by atoms with Crippen LogP contribution in [0.5, 0.6) is 11.5 Å². The van der Waals surface area contributed by atoms with Crippen LogP contribution in [0.25, 0.3) is 0 Å². The molecule has 0 unspecified atom stereocenters. The van der Waals surface area contributed by atoms with Crippen molar-refractivity contribution in [1.82, 2.24) is 0 Å². The van der Waals surface area contributed by atoms with Crippen LogP contribution in [0.2, 0.25) is 0 Å². The van der Waals surface area contributed by atoms with E-state index in [1.165, 1.54) is 0 Å². The van der Waals surface area contributed by atoms with E-state index in [1.807, 2.05) is 73.5 Å². The van der Waals surface area contributed by atoms with Gasteiger partial charge in [0, 0.05) is 13.1 Å². The lowest BCUT2D eigenvalue weighted by Gasteiger charge is -2.11. The quantitative estimate of drug-likeness (QED) is 0.513. The topological polar surface area (TPSA) is 47.7 Å². The highest BCUT2D eigenvalue weighted by molar-refractivity contribution is 5.66. The van der Waals surface area contributed by atoms with Crippen LogP contribution in [0.4, 0.5) is 11.4 Å². The molecule has 2 N–H and O–H groups in total. The molecule has 0 saturated carbocycles. The van der Waals surface area contributed by atoms with Crippen LogP contribution in [0.1, 0.15) is 6.92 Å². The first-order chi connectivity index (χ1) is 11.5. The first-order valence-electron chi connectivity index (χ1n) is 7.66. The van der Waals surface area contributed by atoms with Gasteiger partial charge in [-0.25, -0.2) is 0 Å². The first-order valence-corrected chi connectivity index (χ1v) is 7.66. The number of anilines is 2. The van der Waals surface area contributed by atoms with E-state index < -0.39 is 0 Å². The smallest absolute Gasteiger partial charge is 0.200 e. The van der Waals surface area contributed by atoms with Gasteiger partial charge < -0.3 is 20.1 Å². The predicted molar refractivity (Wildman–Crippen MR) is 97.9 cm³/mol. The Labute approximate surface area is 142 Å². The van der Waals surface area contributed by atoms with Gasteiger partial charge in [0.2, 0.25) is 5.88 Å². The summed E-state index contributed by atoms with van der Waals surface area (Å²) in [6.07, 6.45) is 3.79. The van der Waals surface area contributed by atoms with Crippen molar-refractivity contribution in [3.8, 4) is 11.5 Å². The van der Waals surface area contributed by atoms with Crippen molar-refractivity contribution in [3.05, 3.63) is 84.5 Å². The van der Waals surface area contributed by atoms with Gasteiger partial charge in [0.1, 0.15) is 11.5 Å². The Kier molecular flexibility index (Phi) is 4.29. The first kappa shape index (κ1) is 15.7. The number of ether oxygens (including phenoxy) is 2. The fourth-order valence-electron chi connectivity index (χ4n) is 2.48. The summed E-state index contributed by atoms with van der Waals surface area (Å²) in [6.45, 7) is 5.89. The van der Waals surface area contributed by atoms with Crippen molar-refractivity contribution in [2.45, 2.75) is 6.92 Å². The number of allylic oxidation sites excluding steroid dienone is 3. The maximum atomic E-state index is 5.87. The molecule has 0 bridgehead atoms. The van der Waals surface area contributed by atoms with Gasteiger partial charge in [0.05, 0.1) is 11.4 Å². The number of rotatable bonds is 4. The van der Waals surface area contributed by atoms with Gasteiger partial charge in [0.25, 0.3) is 0 Å². The molecule has 2 aromatic rings. The van der Waals surface area contributed by atoms with Crippen molar-refractivity contribution in [2.24, 2.45) is 0 Å². The Morgan fingerprint density at radius 3 is 2.62 bits per heavy atom. The molecule has 0 aromatic heterocycles. The summed E-state index contributed by atoms with van der Waals surface area (Å²) >= 11 is 0. The zero-order valence-electron chi connectivity index (χ0n) is 13.8. The number of hydrogen-bond acceptors (Lipinski definition) is 4. The van der Waals surface area contributed by atoms with Gasteiger partial charge in [-0.1, -0.05) is 30.8 Å². The molecule has 0 aliphatic carbocycles. The molecule has 0 amide bonds. The van der Waals surface area contributed by atoms with E-state index in [4.69, 9.17) is 15.2 Å². The van der Waals surface area contributed by atoms with Gasteiger partial charge in [-0.2, -0.15) is 0 Å². The van der Waals surface area contributed by atoms with Crippen LogP contribution in [-0.4, -0.2) is 7.05 Å². The summed E-state index contributed by atoms with van der Waals surface area (Å²) in [6, 6.07) is 15.3. The largest absolute Gasteiger partial charge is 0.456 e. The fraction of sp³-hybridized carbons (Fsp3) is 0.100. The molecule has 24 heavy (non-hydrogen) atoms. The van der Waals surface area contributed by atoms with Crippen LogP contribution >= 0.6 is 0 Å². The molecule has 0 saturated heterocycles. The third-order valence-corrected chi connectivity index (χ3v) is 3.67. The summed E-state index contributed by atoms with van der Waals surface area (Å²) in [5, 5.41) is 0. The van der Waals surface area contributed by atoms with E-state index >= 15 is 0 Å². The molecule has 0 spiro atoms. The van der Waals surface area contributed by atoms with Gasteiger partial charge in [-0.15, -0.1) is 0 Å². The van der Waals surface area contributed by atoms with Gasteiger partial charge in [-0.3, -0.25) is 0 Å². The standard InChI is InChI=1S/C20H20N2O2/c1-14(12-15(2)23-18-10-6-4-8-16(18)21)13-20-22(3)17-9-5-7-11-19(17)24-20/h4-13H,2,21H2,1,3H3/b14-12+,20-13-. The second-order valence-electron chi connectivity index (χ2n) is 5.61. The molecule has 0 fully saturated rings. The molecule has 4 heteroatoms. The molecule has 1 aliphatic rings. The molecule has 1 aliphatic heterocycles. The molecule has 3 rings (SSSR count). The molecule has 4 nitrogen and oxygen atoms in total. The lowest BCUT2D eigenvalue weighted by atomic mass is 10.2. The average Bonchev–Trinajstić information content (AvgIpc) is 2.86. The summed E-state index contributed by atoms with van der Waals surface area (Å²) in [7, 11) is 1.97. The Hall–Kier alpha value is -3.14. The minimum atomic E-state index is 0.514. The highest BCUT2D eigenvalue weighted by atomic mass is 16.5. The number of nitrogen functional groups attached to an aromatic ring is 1. The minimum absolute atomic E-state index is 0.514. The maximum absolute atomic E-state index is 5.87. The van der Waals surface area contributed by atoms with Crippen molar-refractivity contribution in [3.63, 3.8) is 0 Å². The third kappa shape index (κ3) is 3.27. The summed E-state index contributed by atoms with van der Waals surface area (Å²) in [5.41, 5.74) is 8.46. The normalized spacial score (nSPS) is 15.2. The van der Waals surface area contributed by atoms with Crippen LogP contribution in [0, 0.1) is 0 Å². The predicted octanol–water partition coefficient (Wildman–Crippen LogP) is 4.48. The zero-order chi connectivity index (χ0) is 17.1. The number of nitrogens with two attached hydrogens (primary N) is 1. The van der Waals surface area contributed by atoms with Crippen LogP contribution in [0.15, 0.2) is 84.5 Å². The number of nitrogens with zero attached hydrogens (tertiary/aromatic N) is 1. The Bertz CT molecular complexity index is 837. The summed E-state index contributed by atoms with van der Waals surface area (Å²) < 4.78 is 11.6. The van der Waals surface area contributed by atoms with E-state index in [-0.39, 0.29) is 0 Å². The average molecular weight is 320 g/mol. The van der Waals surface area contributed by atoms with Crippen molar-refractivity contribution in [1.29, 1.82) is 0 Å². The van der Waals surface area contributed by atoms with Crippen molar-refractivity contribution >= 4 is 11.4 Å². The molecule has 0 atom stereocenters. The Morgan fingerprint density at radius 1 is 1.17 bits per heavy atom. The molecule has 0 radical (unpaired) electrons. The Balaban J connectivity index is 1.73. The fourth-order valence-corrected chi connectivity index (χ4v) is 2.48. The number of benzene rings is 2. The van der Waals surface area contributed by atoms with Crippen LogP contribution < -0.4 is 20.1 Å². The monoisotopic (exact) mass is 320 g/mol.